The first kappa shape index (κ1) is 21.4. The van der Waals surface area contributed by atoms with Gasteiger partial charge in [-0.1, -0.05) is 0 Å². The maximum Gasteiger partial charge on any atom is 0.225 e. The monoisotopic (exact) mass is 451 g/mol. The Morgan fingerprint density at radius 3 is 2.52 bits per heavy atom. The van der Waals surface area contributed by atoms with E-state index in [1.165, 1.54) is 0 Å². The van der Waals surface area contributed by atoms with Crippen molar-refractivity contribution in [1.82, 2.24) is 19.9 Å². The van der Waals surface area contributed by atoms with Crippen molar-refractivity contribution in [2.24, 2.45) is 0 Å². The van der Waals surface area contributed by atoms with Crippen LogP contribution in [0.4, 0.5) is 17.5 Å². The third kappa shape index (κ3) is 5.00. The second-order valence-corrected chi connectivity index (χ2v) is 8.40. The molecule has 2 fully saturated rings. The summed E-state index contributed by atoms with van der Waals surface area (Å²) in [5.41, 5.74) is 7.45. The highest BCUT2D eigenvalue weighted by Crippen LogP contribution is 2.32. The van der Waals surface area contributed by atoms with E-state index in [1.807, 2.05) is 12.1 Å². The predicted octanol–water partition coefficient (Wildman–Crippen LogP) is 2.65. The van der Waals surface area contributed by atoms with Crippen LogP contribution in [0, 0.1) is 0 Å². The van der Waals surface area contributed by atoms with E-state index in [9.17, 15) is 0 Å². The zero-order valence-electron chi connectivity index (χ0n) is 18.7. The minimum absolute atomic E-state index is 0.0805. The number of pyridine rings is 2. The Morgan fingerprint density at radius 1 is 1.03 bits per heavy atom. The number of ether oxygens (including phenoxy) is 3. The lowest BCUT2D eigenvalue weighted by atomic mass is 9.93. The van der Waals surface area contributed by atoms with E-state index >= 15 is 0 Å². The lowest BCUT2D eigenvalue weighted by molar-refractivity contribution is 0.122. The number of hydrogen-bond acceptors (Lipinski definition) is 10. The van der Waals surface area contributed by atoms with Crippen molar-refractivity contribution in [1.29, 1.82) is 0 Å². The molecule has 33 heavy (non-hydrogen) atoms. The summed E-state index contributed by atoms with van der Waals surface area (Å²) < 4.78 is 17.0. The normalized spacial score (nSPS) is 21.1. The second-order valence-electron chi connectivity index (χ2n) is 8.40. The highest BCUT2D eigenvalue weighted by atomic mass is 16.5. The van der Waals surface area contributed by atoms with Crippen LogP contribution in [-0.2, 0) is 4.74 Å². The molecule has 2 aliphatic rings. The molecule has 0 aromatic carbocycles. The minimum Gasteiger partial charge on any atom is -0.494 e. The van der Waals surface area contributed by atoms with Crippen LogP contribution in [0.2, 0.25) is 0 Å². The first-order chi connectivity index (χ1) is 16.2. The summed E-state index contributed by atoms with van der Waals surface area (Å²) in [4.78, 5) is 20.2. The molecule has 5 rings (SSSR count). The fourth-order valence-electron chi connectivity index (χ4n) is 4.30. The number of rotatable bonds is 6. The molecular formula is C23H29N7O3. The summed E-state index contributed by atoms with van der Waals surface area (Å²) in [5, 5.41) is 4.26. The molecule has 0 atom stereocenters. The maximum absolute atomic E-state index is 6.44. The van der Waals surface area contributed by atoms with Crippen molar-refractivity contribution in [2.45, 2.75) is 37.8 Å². The predicted molar refractivity (Wildman–Crippen MR) is 126 cm³/mol. The molecule has 0 spiro atoms. The van der Waals surface area contributed by atoms with Gasteiger partial charge in [-0.2, -0.15) is 4.98 Å². The Hall–Kier alpha value is -3.40. The van der Waals surface area contributed by atoms with Crippen LogP contribution in [0.5, 0.6) is 11.6 Å². The smallest absolute Gasteiger partial charge is 0.225 e. The number of fused-ring (bicyclic) bond motifs is 1. The van der Waals surface area contributed by atoms with Crippen molar-refractivity contribution in [3.05, 3.63) is 30.7 Å². The fraction of sp³-hybridized carbons (Fsp3) is 0.478. The highest BCUT2D eigenvalue weighted by Gasteiger charge is 2.25. The molecule has 174 valence electrons. The summed E-state index contributed by atoms with van der Waals surface area (Å²) in [7, 11) is 1.60. The molecular weight excluding hydrogens is 422 g/mol. The van der Waals surface area contributed by atoms with Crippen LogP contribution in [0.3, 0.4) is 0 Å². The molecule has 3 N–H and O–H groups in total. The number of methoxy groups -OCH3 is 1. The Morgan fingerprint density at radius 2 is 1.79 bits per heavy atom. The van der Waals surface area contributed by atoms with Crippen LogP contribution < -0.4 is 25.4 Å². The fourth-order valence-corrected chi connectivity index (χ4v) is 4.30. The number of nitrogens with two attached hydrogens (primary N) is 1. The van der Waals surface area contributed by atoms with Gasteiger partial charge < -0.3 is 30.2 Å². The zero-order chi connectivity index (χ0) is 22.6. The van der Waals surface area contributed by atoms with Gasteiger partial charge in [-0.3, -0.25) is 4.98 Å². The molecule has 0 bridgehead atoms. The quantitative estimate of drug-likeness (QED) is 0.578. The molecule has 3 aromatic rings. The van der Waals surface area contributed by atoms with Crippen LogP contribution >= 0.6 is 0 Å². The van der Waals surface area contributed by atoms with Gasteiger partial charge in [0.25, 0.3) is 0 Å². The van der Waals surface area contributed by atoms with Gasteiger partial charge >= 0.3 is 0 Å². The summed E-state index contributed by atoms with van der Waals surface area (Å²) in [6.07, 6.45) is 8.83. The van der Waals surface area contributed by atoms with Crippen LogP contribution in [-0.4, -0.2) is 65.5 Å². The Labute approximate surface area is 192 Å². The van der Waals surface area contributed by atoms with E-state index < -0.39 is 0 Å². The average Bonchev–Trinajstić information content (AvgIpc) is 2.86. The lowest BCUT2D eigenvalue weighted by Gasteiger charge is -2.31. The Balaban J connectivity index is 1.28. The Bertz CT molecular complexity index is 1080. The van der Waals surface area contributed by atoms with Gasteiger partial charge in [0.15, 0.2) is 5.75 Å². The molecule has 1 aliphatic heterocycles. The first-order valence-electron chi connectivity index (χ1n) is 11.4. The van der Waals surface area contributed by atoms with Gasteiger partial charge in [0.05, 0.1) is 55.5 Å². The molecule has 1 saturated heterocycles. The van der Waals surface area contributed by atoms with Gasteiger partial charge in [0.1, 0.15) is 11.9 Å². The van der Waals surface area contributed by atoms with E-state index in [4.69, 9.17) is 24.9 Å². The van der Waals surface area contributed by atoms with E-state index in [0.717, 1.165) is 55.5 Å². The molecule has 10 nitrogen and oxygen atoms in total. The van der Waals surface area contributed by atoms with Crippen LogP contribution in [0.1, 0.15) is 25.7 Å². The van der Waals surface area contributed by atoms with Crippen LogP contribution in [0.15, 0.2) is 30.7 Å². The summed E-state index contributed by atoms with van der Waals surface area (Å²) in [5.74, 6) is 2.73. The topological polar surface area (TPSA) is 121 Å². The van der Waals surface area contributed by atoms with Gasteiger partial charge in [0, 0.05) is 25.2 Å². The van der Waals surface area contributed by atoms with Crippen molar-refractivity contribution in [3.8, 4) is 11.6 Å². The summed E-state index contributed by atoms with van der Waals surface area (Å²) in [6, 6.07) is 4.20. The SMILES string of the molecule is COc1cnc(NC2CCC(Oc3nc(N4CCOCC4)cc4ncc(N)cc34)CC2)nc1. The van der Waals surface area contributed by atoms with Crippen molar-refractivity contribution in [3.63, 3.8) is 0 Å². The van der Waals surface area contributed by atoms with Gasteiger partial charge in [-0.25, -0.2) is 9.97 Å². The molecule has 4 heterocycles. The number of nitrogen functional groups attached to an aromatic ring is 1. The van der Waals surface area contributed by atoms with E-state index in [2.05, 4.69) is 25.2 Å². The first-order valence-corrected chi connectivity index (χ1v) is 11.4. The number of aromatic nitrogens is 4. The molecule has 1 aliphatic carbocycles. The zero-order valence-corrected chi connectivity index (χ0v) is 18.7. The molecule has 0 radical (unpaired) electrons. The maximum atomic E-state index is 6.44. The molecule has 0 amide bonds. The molecule has 10 heteroatoms. The highest BCUT2D eigenvalue weighted by molar-refractivity contribution is 5.88. The van der Waals surface area contributed by atoms with Crippen molar-refractivity contribution < 1.29 is 14.2 Å². The van der Waals surface area contributed by atoms with Gasteiger partial charge in [-0.05, 0) is 31.7 Å². The summed E-state index contributed by atoms with van der Waals surface area (Å²) in [6.45, 7) is 2.99. The number of nitrogens with zero attached hydrogens (tertiary/aromatic N) is 5. The van der Waals surface area contributed by atoms with E-state index in [-0.39, 0.29) is 6.10 Å². The number of nitrogens with one attached hydrogen (secondary N) is 1. The van der Waals surface area contributed by atoms with Crippen LogP contribution in [0.25, 0.3) is 10.9 Å². The summed E-state index contributed by atoms with van der Waals surface area (Å²) >= 11 is 0. The van der Waals surface area contributed by atoms with Crippen molar-refractivity contribution in [2.75, 3.05) is 49.4 Å². The van der Waals surface area contributed by atoms with Crippen molar-refractivity contribution >= 4 is 28.4 Å². The largest absolute Gasteiger partial charge is 0.494 e. The standard InChI is InChI=1S/C23H29N7O3/c1-31-18-13-26-23(27-14-18)28-16-2-4-17(5-3-16)33-22-19-10-15(24)12-25-20(19)11-21(29-22)30-6-8-32-9-7-30/h10-14,16-17H,2-9,24H2,1H3,(H,26,27,28). The van der Waals surface area contributed by atoms with E-state index in [1.54, 1.807) is 25.7 Å². The average molecular weight is 452 g/mol. The number of anilines is 3. The molecule has 3 aromatic heterocycles. The van der Waals surface area contributed by atoms with Gasteiger partial charge in [0.2, 0.25) is 11.8 Å². The molecule has 0 unspecified atom stereocenters. The van der Waals surface area contributed by atoms with Gasteiger partial charge in [-0.15, -0.1) is 0 Å². The number of morpholine rings is 1. The Kier molecular flexibility index (Phi) is 6.25. The minimum atomic E-state index is 0.0805. The van der Waals surface area contributed by atoms with E-state index in [0.29, 0.717) is 42.5 Å². The second kappa shape index (κ2) is 9.62. The third-order valence-corrected chi connectivity index (χ3v) is 6.14. The number of hydrogen-bond donors (Lipinski definition) is 2. The third-order valence-electron chi connectivity index (χ3n) is 6.14. The lowest BCUT2D eigenvalue weighted by Crippen LogP contribution is -2.37. The molecule has 1 saturated carbocycles.